The first-order valence-corrected chi connectivity index (χ1v) is 12.0. The van der Waals surface area contributed by atoms with Gasteiger partial charge in [-0.2, -0.15) is 4.98 Å². The molecule has 0 saturated heterocycles. The lowest BCUT2D eigenvalue weighted by molar-refractivity contribution is -0.113. The smallest absolute Gasteiger partial charge is 0.302 e. The summed E-state index contributed by atoms with van der Waals surface area (Å²) < 4.78 is 5.75. The minimum Gasteiger partial charge on any atom is -0.422 e. The molecular weight excluding hydrogens is 515 g/mol. The molecule has 1 atom stereocenters. The van der Waals surface area contributed by atoms with E-state index in [0.29, 0.717) is 49.5 Å². The quantitative estimate of drug-likeness (QED) is 0.278. The van der Waals surface area contributed by atoms with E-state index in [4.69, 9.17) is 32.6 Å². The second-order valence-corrected chi connectivity index (χ2v) is 9.05. The van der Waals surface area contributed by atoms with E-state index >= 15 is 0 Å². The van der Waals surface area contributed by atoms with Crippen LogP contribution in [-0.2, 0) is 4.79 Å². The van der Waals surface area contributed by atoms with Crippen LogP contribution in [0.3, 0.4) is 0 Å². The minimum absolute atomic E-state index is 0.137. The Morgan fingerprint density at radius 3 is 2.59 bits per heavy atom. The van der Waals surface area contributed by atoms with Crippen molar-refractivity contribution in [1.82, 2.24) is 15.3 Å². The number of aliphatic imine (C=N–C) groups is 1. The number of pyridine rings is 1. The van der Waals surface area contributed by atoms with Gasteiger partial charge in [-0.3, -0.25) is 14.9 Å². The van der Waals surface area contributed by atoms with Crippen LogP contribution in [0.1, 0.15) is 35.8 Å². The van der Waals surface area contributed by atoms with Gasteiger partial charge < -0.3 is 15.1 Å². The van der Waals surface area contributed by atoms with Crippen molar-refractivity contribution >= 4 is 63.8 Å². The highest BCUT2D eigenvalue weighted by molar-refractivity contribution is 6.34. The van der Waals surface area contributed by atoms with Crippen molar-refractivity contribution in [2.24, 2.45) is 4.99 Å². The predicted molar refractivity (Wildman–Crippen MR) is 143 cm³/mol. The van der Waals surface area contributed by atoms with Crippen LogP contribution in [0.2, 0.25) is 10.0 Å². The number of para-hydroxylation sites is 1. The highest BCUT2D eigenvalue weighted by atomic mass is 35.5. The first-order valence-electron chi connectivity index (χ1n) is 11.2. The molecule has 1 aliphatic rings. The molecule has 1 unspecified atom stereocenters. The van der Waals surface area contributed by atoms with Gasteiger partial charge in [0.05, 0.1) is 10.6 Å². The van der Waals surface area contributed by atoms with Gasteiger partial charge in [-0.15, -0.1) is 0 Å². The molecule has 0 fully saturated rings. The Labute approximate surface area is 221 Å². The van der Waals surface area contributed by atoms with Gasteiger partial charge in [-0.05, 0) is 44.2 Å². The summed E-state index contributed by atoms with van der Waals surface area (Å²) in [4.78, 5) is 38.5. The van der Waals surface area contributed by atoms with Gasteiger partial charge >= 0.3 is 6.01 Å². The van der Waals surface area contributed by atoms with E-state index in [9.17, 15) is 9.59 Å². The molecule has 0 radical (unpaired) electrons. The number of ketones is 1. The Kier molecular flexibility index (Phi) is 6.64. The third kappa shape index (κ3) is 5.04. The van der Waals surface area contributed by atoms with Crippen molar-refractivity contribution < 1.29 is 14.0 Å². The molecule has 4 aromatic rings. The Bertz CT molecular complexity index is 1610. The van der Waals surface area contributed by atoms with Gasteiger partial charge in [0.2, 0.25) is 5.96 Å². The summed E-state index contributed by atoms with van der Waals surface area (Å²) in [5.41, 5.74) is 2.94. The number of guanidine groups is 1. The zero-order valence-electron chi connectivity index (χ0n) is 19.7. The molecule has 1 amide bonds. The number of oxazole rings is 1. The Hall–Kier alpha value is -4.21. The summed E-state index contributed by atoms with van der Waals surface area (Å²) in [7, 11) is 0. The number of anilines is 2. The summed E-state index contributed by atoms with van der Waals surface area (Å²) in [6.45, 7) is 3.19. The van der Waals surface area contributed by atoms with Crippen molar-refractivity contribution in [3.63, 3.8) is 0 Å². The average molecular weight is 535 g/mol. The number of fused-ring (bicyclic) bond motifs is 1. The third-order valence-corrected chi connectivity index (χ3v) is 6.33. The van der Waals surface area contributed by atoms with Gasteiger partial charge in [-0.25, -0.2) is 9.98 Å². The van der Waals surface area contributed by atoms with Crippen LogP contribution in [0.4, 0.5) is 11.8 Å². The van der Waals surface area contributed by atoms with Crippen LogP contribution in [0.15, 0.2) is 81.5 Å². The second-order valence-electron chi connectivity index (χ2n) is 8.24. The lowest BCUT2D eigenvalue weighted by atomic mass is 9.95. The van der Waals surface area contributed by atoms with Crippen LogP contribution in [-0.4, -0.2) is 27.6 Å². The third-order valence-electron chi connectivity index (χ3n) is 5.69. The van der Waals surface area contributed by atoms with E-state index in [2.05, 4.69) is 25.9 Å². The van der Waals surface area contributed by atoms with Gasteiger partial charge in [0.1, 0.15) is 17.4 Å². The predicted octanol–water partition coefficient (Wildman–Crippen LogP) is 5.76. The largest absolute Gasteiger partial charge is 0.422 e. The Morgan fingerprint density at radius 2 is 1.84 bits per heavy atom. The number of allylic oxidation sites excluding steroid dienone is 1. The molecule has 0 saturated carbocycles. The number of hydrogen-bond donors (Lipinski definition) is 3. The molecule has 2 aromatic carbocycles. The number of Topliss-reactive ketones (excluding diaryl/α,β-unsaturated/α-hetero) is 1. The monoisotopic (exact) mass is 534 g/mol. The molecule has 0 aliphatic carbocycles. The SMILES string of the molecule is CC(=O)c1ccnc(NC(=O)C2=C(C)NC(Nc3nc4cccc(Cl)c4o3)=NC2c2ccccc2Cl)c1. The Balaban J connectivity index is 1.49. The maximum absolute atomic E-state index is 13.5. The summed E-state index contributed by atoms with van der Waals surface area (Å²) >= 11 is 12.7. The minimum atomic E-state index is -0.763. The van der Waals surface area contributed by atoms with Crippen molar-refractivity contribution in [2.75, 3.05) is 10.6 Å². The molecule has 0 spiro atoms. The molecular formula is C26H20Cl2N6O3. The standard InChI is InChI=1S/C26H20Cl2N6O3/c1-13-21(24(36)32-20-12-15(14(2)35)10-11-29-20)22(16-6-3-4-7-17(16)27)33-25(30-13)34-26-31-19-9-5-8-18(28)23(19)37-26/h3-12,22H,1-2H3,(H,29,32,36)(H2,30,31,33,34). The van der Waals surface area contributed by atoms with Gasteiger partial charge in [0.15, 0.2) is 11.4 Å². The van der Waals surface area contributed by atoms with Crippen LogP contribution in [0, 0.1) is 0 Å². The molecule has 5 rings (SSSR count). The zero-order valence-corrected chi connectivity index (χ0v) is 21.2. The fraction of sp³-hybridized carbons (Fsp3) is 0.115. The molecule has 1 aliphatic heterocycles. The second kappa shape index (κ2) is 10.0. The maximum Gasteiger partial charge on any atom is 0.302 e. The van der Waals surface area contributed by atoms with Crippen LogP contribution < -0.4 is 16.0 Å². The number of rotatable bonds is 5. The fourth-order valence-electron chi connectivity index (χ4n) is 3.93. The first-order chi connectivity index (χ1) is 17.8. The van der Waals surface area contributed by atoms with E-state index < -0.39 is 11.9 Å². The molecule has 9 nitrogen and oxygen atoms in total. The number of aromatic nitrogens is 2. The van der Waals surface area contributed by atoms with Crippen molar-refractivity contribution in [1.29, 1.82) is 0 Å². The highest BCUT2D eigenvalue weighted by Gasteiger charge is 2.31. The number of carbonyl (C=O) groups excluding carboxylic acids is 2. The lowest BCUT2D eigenvalue weighted by Crippen LogP contribution is -2.37. The van der Waals surface area contributed by atoms with E-state index in [1.165, 1.54) is 19.2 Å². The maximum atomic E-state index is 13.5. The summed E-state index contributed by atoms with van der Waals surface area (Å²) in [6.07, 6.45) is 1.46. The van der Waals surface area contributed by atoms with Crippen molar-refractivity contribution in [2.45, 2.75) is 19.9 Å². The topological polar surface area (TPSA) is 122 Å². The van der Waals surface area contributed by atoms with Crippen LogP contribution in [0.25, 0.3) is 11.1 Å². The number of nitrogens with zero attached hydrogens (tertiary/aromatic N) is 3. The number of halogens is 2. The van der Waals surface area contributed by atoms with Gasteiger partial charge in [-0.1, -0.05) is 47.5 Å². The molecule has 0 bridgehead atoms. The average Bonchev–Trinajstić information content (AvgIpc) is 3.28. The van der Waals surface area contributed by atoms with E-state index in [1.54, 1.807) is 49.4 Å². The Morgan fingerprint density at radius 1 is 1.05 bits per heavy atom. The van der Waals surface area contributed by atoms with Crippen molar-refractivity contribution in [3.8, 4) is 0 Å². The molecule has 2 aromatic heterocycles. The van der Waals surface area contributed by atoms with Crippen LogP contribution >= 0.6 is 23.2 Å². The van der Waals surface area contributed by atoms with E-state index in [1.807, 2.05) is 6.07 Å². The number of carbonyl (C=O) groups is 2. The van der Waals surface area contributed by atoms with Crippen molar-refractivity contribution in [3.05, 3.63) is 93.2 Å². The zero-order chi connectivity index (χ0) is 26.1. The highest BCUT2D eigenvalue weighted by Crippen LogP contribution is 2.35. The number of hydrogen-bond acceptors (Lipinski definition) is 8. The summed E-state index contributed by atoms with van der Waals surface area (Å²) in [5, 5.41) is 9.76. The molecule has 37 heavy (non-hydrogen) atoms. The summed E-state index contributed by atoms with van der Waals surface area (Å²) in [6, 6.07) is 14.9. The normalized spacial score (nSPS) is 15.2. The number of amides is 1. The van der Waals surface area contributed by atoms with E-state index in [0.717, 1.165) is 0 Å². The molecule has 3 heterocycles. The molecule has 186 valence electrons. The van der Waals surface area contributed by atoms with E-state index in [-0.39, 0.29) is 17.6 Å². The first kappa shape index (κ1) is 24.5. The fourth-order valence-corrected chi connectivity index (χ4v) is 4.37. The number of nitrogens with one attached hydrogen (secondary N) is 3. The molecule has 3 N–H and O–H groups in total. The van der Waals surface area contributed by atoms with Gasteiger partial charge in [0.25, 0.3) is 5.91 Å². The number of benzene rings is 2. The summed E-state index contributed by atoms with van der Waals surface area (Å²) in [5.74, 6) is -0.0348. The van der Waals surface area contributed by atoms with Crippen LogP contribution in [0.5, 0.6) is 0 Å². The van der Waals surface area contributed by atoms with Gasteiger partial charge in [0, 0.05) is 28.0 Å². The lowest BCUT2D eigenvalue weighted by Gasteiger charge is -2.26. The molecule has 11 heteroatoms.